The Kier molecular flexibility index (Phi) is 1.39. The molecular weight excluding hydrogens is 184 g/mol. The minimum atomic E-state index is -2.84. The number of carbonyl (C=O) groups is 1. The first-order valence-corrected chi connectivity index (χ1v) is 3.53. The number of aromatic nitrogens is 3. The average molecular weight is 189 g/mol. The van der Waals surface area contributed by atoms with Crippen molar-refractivity contribution in [3.8, 4) is 0 Å². The van der Waals surface area contributed by atoms with E-state index in [4.69, 9.17) is 5.11 Å². The molecule has 70 valence electrons. The van der Waals surface area contributed by atoms with Crippen LogP contribution in [0, 0.1) is 0 Å². The van der Waals surface area contributed by atoms with Gasteiger partial charge in [0.15, 0.2) is 0 Å². The summed E-state index contributed by atoms with van der Waals surface area (Å²) in [6.45, 7) is 0. The fourth-order valence-electron chi connectivity index (χ4n) is 1.10. The fourth-order valence-corrected chi connectivity index (χ4v) is 1.10. The maximum Gasteiger partial charge on any atom is 0.373 e. The Bertz CT molecular complexity index is 363. The van der Waals surface area contributed by atoms with Crippen molar-refractivity contribution in [3.63, 3.8) is 0 Å². The Morgan fingerprint density at radius 2 is 2.38 bits per heavy atom. The van der Waals surface area contributed by atoms with E-state index < -0.39 is 23.8 Å². The summed E-state index contributed by atoms with van der Waals surface area (Å²) in [6, 6.07) is -1.14. The van der Waals surface area contributed by atoms with Gasteiger partial charge in [-0.3, -0.25) is 0 Å². The number of hydrogen-bond acceptors (Lipinski definition) is 3. The molecule has 5 nitrogen and oxygen atoms in total. The Balaban J connectivity index is 2.32. The molecule has 1 atom stereocenters. The normalized spacial score (nSPS) is 24.3. The Labute approximate surface area is 71.0 Å². The van der Waals surface area contributed by atoms with Crippen LogP contribution in [0.5, 0.6) is 0 Å². The molecule has 0 radical (unpaired) electrons. The number of nitrogens with zero attached hydrogens (tertiary/aromatic N) is 3. The van der Waals surface area contributed by atoms with Gasteiger partial charge < -0.3 is 5.11 Å². The maximum atomic E-state index is 12.5. The summed E-state index contributed by atoms with van der Waals surface area (Å²) in [6.07, 6.45) is 0.592. The lowest BCUT2D eigenvalue weighted by Crippen LogP contribution is -2.12. The smallest absolute Gasteiger partial charge is 0.373 e. The second kappa shape index (κ2) is 2.24. The van der Waals surface area contributed by atoms with Gasteiger partial charge in [0.05, 0.1) is 0 Å². The molecule has 13 heavy (non-hydrogen) atoms. The molecule has 1 heterocycles. The third-order valence-corrected chi connectivity index (χ3v) is 1.85. The van der Waals surface area contributed by atoms with Crippen molar-refractivity contribution < 1.29 is 18.7 Å². The van der Waals surface area contributed by atoms with Gasteiger partial charge in [0.2, 0.25) is 5.82 Å². The molecule has 7 heteroatoms. The van der Waals surface area contributed by atoms with E-state index in [9.17, 15) is 13.6 Å². The Morgan fingerprint density at radius 1 is 1.77 bits per heavy atom. The van der Waals surface area contributed by atoms with Crippen molar-refractivity contribution in [1.82, 2.24) is 14.8 Å². The molecule has 1 N–H and O–H groups in total. The molecule has 1 saturated carbocycles. The van der Waals surface area contributed by atoms with Gasteiger partial charge >= 0.3 is 5.97 Å². The molecule has 0 aliphatic heterocycles. The van der Waals surface area contributed by atoms with E-state index in [1.54, 1.807) is 0 Å². The number of carboxylic acids is 1. The molecule has 2 rings (SSSR count). The van der Waals surface area contributed by atoms with E-state index in [0.29, 0.717) is 0 Å². The van der Waals surface area contributed by atoms with Gasteiger partial charge in [0.25, 0.3) is 5.92 Å². The lowest BCUT2D eigenvalue weighted by molar-refractivity contribution is 0.0664. The molecule has 1 aromatic rings. The summed E-state index contributed by atoms with van der Waals surface area (Å²) in [4.78, 5) is 13.8. The van der Waals surface area contributed by atoms with Crippen LogP contribution in [-0.2, 0) is 0 Å². The van der Waals surface area contributed by atoms with Gasteiger partial charge in [0, 0.05) is 6.42 Å². The highest BCUT2D eigenvalue weighted by atomic mass is 19.3. The van der Waals surface area contributed by atoms with Crippen molar-refractivity contribution in [2.75, 3.05) is 0 Å². The molecule has 0 aromatic carbocycles. The van der Waals surface area contributed by atoms with Crippen molar-refractivity contribution >= 4 is 5.97 Å². The van der Waals surface area contributed by atoms with Gasteiger partial charge in [-0.15, -0.1) is 0 Å². The molecule has 0 spiro atoms. The van der Waals surface area contributed by atoms with Gasteiger partial charge in [-0.25, -0.2) is 23.2 Å². The highest BCUT2D eigenvalue weighted by molar-refractivity contribution is 5.83. The van der Waals surface area contributed by atoms with E-state index in [1.807, 2.05) is 0 Å². The van der Waals surface area contributed by atoms with E-state index >= 15 is 0 Å². The van der Waals surface area contributed by atoms with Crippen LogP contribution < -0.4 is 0 Å². The SMILES string of the molecule is O=C(O)c1ncnn1C1CC1(F)F. The van der Waals surface area contributed by atoms with Crippen LogP contribution in [0.1, 0.15) is 23.1 Å². The Hall–Kier alpha value is -1.53. The van der Waals surface area contributed by atoms with E-state index in [-0.39, 0.29) is 6.42 Å². The number of alkyl halides is 2. The first-order chi connectivity index (χ1) is 6.02. The van der Waals surface area contributed by atoms with Crippen molar-refractivity contribution in [1.29, 1.82) is 0 Å². The minimum absolute atomic E-state index is 0.364. The highest BCUT2D eigenvalue weighted by Gasteiger charge is 2.60. The third-order valence-electron chi connectivity index (χ3n) is 1.85. The van der Waals surface area contributed by atoms with Crippen molar-refractivity contribution in [2.45, 2.75) is 18.4 Å². The molecule has 0 bridgehead atoms. The average Bonchev–Trinajstić information content (AvgIpc) is 2.49. The van der Waals surface area contributed by atoms with Crippen molar-refractivity contribution in [3.05, 3.63) is 12.2 Å². The van der Waals surface area contributed by atoms with Crippen LogP contribution in [0.25, 0.3) is 0 Å². The van der Waals surface area contributed by atoms with Crippen LogP contribution in [0.4, 0.5) is 8.78 Å². The first kappa shape index (κ1) is 8.09. The lowest BCUT2D eigenvalue weighted by atomic mass is 10.5. The number of halogens is 2. The summed E-state index contributed by atoms with van der Waals surface area (Å²) in [5.74, 6) is -4.62. The summed E-state index contributed by atoms with van der Waals surface area (Å²) < 4.78 is 25.8. The summed E-state index contributed by atoms with van der Waals surface area (Å²) in [7, 11) is 0. The largest absolute Gasteiger partial charge is 0.475 e. The topological polar surface area (TPSA) is 68.0 Å². The maximum absolute atomic E-state index is 12.5. The van der Waals surface area contributed by atoms with E-state index in [0.717, 1.165) is 11.0 Å². The molecule has 1 fully saturated rings. The van der Waals surface area contributed by atoms with E-state index in [2.05, 4.69) is 10.1 Å². The molecule has 1 aromatic heterocycles. The number of carboxylic acid groups (broad SMARTS) is 1. The fraction of sp³-hybridized carbons (Fsp3) is 0.500. The predicted octanol–water partition coefficient (Wildman–Crippen LogP) is 0.556. The standard InChI is InChI=1S/C6H5F2N3O2/c7-6(8)1-3(6)11-4(5(12)13)9-2-10-11/h2-3H,1H2,(H,12,13). The zero-order chi connectivity index (χ0) is 9.64. The Morgan fingerprint density at radius 3 is 2.85 bits per heavy atom. The van der Waals surface area contributed by atoms with Crippen LogP contribution >= 0.6 is 0 Å². The molecule has 1 unspecified atom stereocenters. The van der Waals surface area contributed by atoms with Crippen LogP contribution in [0.15, 0.2) is 6.33 Å². The molecule has 0 saturated heterocycles. The van der Waals surface area contributed by atoms with Crippen LogP contribution in [0.3, 0.4) is 0 Å². The highest BCUT2D eigenvalue weighted by Crippen LogP contribution is 2.52. The first-order valence-electron chi connectivity index (χ1n) is 3.53. The van der Waals surface area contributed by atoms with Crippen LogP contribution in [-0.4, -0.2) is 31.8 Å². The second-order valence-electron chi connectivity index (χ2n) is 2.81. The van der Waals surface area contributed by atoms with Gasteiger partial charge in [-0.05, 0) is 0 Å². The zero-order valence-corrected chi connectivity index (χ0v) is 6.31. The van der Waals surface area contributed by atoms with E-state index in [1.165, 1.54) is 0 Å². The molecule has 1 aliphatic carbocycles. The summed E-state index contributed by atoms with van der Waals surface area (Å²) >= 11 is 0. The van der Waals surface area contributed by atoms with Crippen molar-refractivity contribution in [2.24, 2.45) is 0 Å². The zero-order valence-electron chi connectivity index (χ0n) is 6.31. The predicted molar refractivity (Wildman–Crippen MR) is 35.6 cm³/mol. The minimum Gasteiger partial charge on any atom is -0.475 e. The quantitative estimate of drug-likeness (QED) is 0.737. The molecule has 0 amide bonds. The summed E-state index contributed by atoms with van der Waals surface area (Å²) in [5.41, 5.74) is 0. The lowest BCUT2D eigenvalue weighted by Gasteiger charge is -1.99. The molecular formula is C6H5F2N3O2. The number of hydrogen-bond donors (Lipinski definition) is 1. The monoisotopic (exact) mass is 189 g/mol. The van der Waals surface area contributed by atoms with Gasteiger partial charge in [-0.2, -0.15) is 5.10 Å². The van der Waals surface area contributed by atoms with Gasteiger partial charge in [-0.1, -0.05) is 0 Å². The molecule has 1 aliphatic rings. The van der Waals surface area contributed by atoms with Crippen LogP contribution in [0.2, 0.25) is 0 Å². The van der Waals surface area contributed by atoms with Gasteiger partial charge in [0.1, 0.15) is 12.4 Å². The number of rotatable bonds is 2. The number of aromatic carboxylic acids is 1. The third kappa shape index (κ3) is 1.16. The summed E-state index contributed by atoms with van der Waals surface area (Å²) in [5, 5.41) is 12.0. The second-order valence-corrected chi connectivity index (χ2v) is 2.81.